The highest BCUT2D eigenvalue weighted by Gasteiger charge is 2.45. The van der Waals surface area contributed by atoms with E-state index in [0.717, 1.165) is 32.2 Å². The van der Waals surface area contributed by atoms with E-state index >= 15 is 0 Å². The van der Waals surface area contributed by atoms with Crippen LogP contribution in [0.15, 0.2) is 30.3 Å². The fraction of sp³-hybridized carbons (Fsp3) is 0.381. The number of aliphatic hydroxyl groups is 1. The first-order valence-electron chi connectivity index (χ1n) is 9.90. The van der Waals surface area contributed by atoms with Crippen LogP contribution >= 0.6 is 22.6 Å². The molecule has 166 valence electrons. The van der Waals surface area contributed by atoms with Crippen LogP contribution in [0.1, 0.15) is 10.4 Å². The lowest BCUT2D eigenvalue weighted by atomic mass is 9.92. The normalized spacial score (nSPS) is 18.5. The number of benzene rings is 2. The second-order valence-corrected chi connectivity index (χ2v) is 9.19. The number of halogens is 4. The lowest BCUT2D eigenvalue weighted by molar-refractivity contribution is -0.0986. The Kier molecular flexibility index (Phi) is 6.42. The van der Waals surface area contributed by atoms with Gasteiger partial charge in [0.2, 0.25) is 0 Å². The number of anilines is 2. The van der Waals surface area contributed by atoms with Gasteiger partial charge in [-0.15, -0.1) is 0 Å². The van der Waals surface area contributed by atoms with Crippen LogP contribution in [0.25, 0.3) is 0 Å². The third-order valence-corrected chi connectivity index (χ3v) is 6.17. The Hall–Kier alpha value is -1.89. The molecule has 2 fully saturated rings. The van der Waals surface area contributed by atoms with E-state index in [1.54, 1.807) is 6.07 Å². The summed E-state index contributed by atoms with van der Waals surface area (Å²) >= 11 is 1.93. The van der Waals surface area contributed by atoms with Gasteiger partial charge in [-0.3, -0.25) is 9.69 Å². The minimum atomic E-state index is -1.26. The molecule has 6 nitrogen and oxygen atoms in total. The van der Waals surface area contributed by atoms with Gasteiger partial charge in [0.1, 0.15) is 11.4 Å². The highest BCUT2D eigenvalue weighted by molar-refractivity contribution is 14.1. The van der Waals surface area contributed by atoms with Crippen LogP contribution in [0.3, 0.4) is 0 Å². The van der Waals surface area contributed by atoms with Crippen molar-refractivity contribution < 1.29 is 23.1 Å². The summed E-state index contributed by atoms with van der Waals surface area (Å²) in [4.78, 5) is 16.5. The van der Waals surface area contributed by atoms with Gasteiger partial charge in [-0.25, -0.2) is 13.2 Å². The Bertz CT molecular complexity index is 995. The highest BCUT2D eigenvalue weighted by Crippen LogP contribution is 2.32. The average Bonchev–Trinajstić information content (AvgIpc) is 2.71. The first-order chi connectivity index (χ1) is 14.8. The second kappa shape index (κ2) is 8.93. The van der Waals surface area contributed by atoms with E-state index in [4.69, 9.17) is 0 Å². The standard InChI is InChI=1S/C21H22F3IN4O2/c22-15-3-2-14(19(18(15)24)27-17-4-1-13(25)9-16(17)23)20(30)29-11-21(31,12-29)10-28-7-5-26-6-8-28/h1-4,9,26-27,31H,5-8,10-12H2. The number of nitrogens with one attached hydrogen (secondary N) is 2. The fourth-order valence-corrected chi connectivity index (χ4v) is 4.39. The van der Waals surface area contributed by atoms with Crippen LogP contribution in [0, 0.1) is 21.0 Å². The van der Waals surface area contributed by atoms with Crippen LogP contribution in [0.4, 0.5) is 24.5 Å². The molecule has 10 heteroatoms. The van der Waals surface area contributed by atoms with Crippen molar-refractivity contribution in [2.75, 3.05) is 51.1 Å². The smallest absolute Gasteiger partial charge is 0.256 e. The molecule has 2 aliphatic rings. The summed E-state index contributed by atoms with van der Waals surface area (Å²) in [7, 11) is 0. The van der Waals surface area contributed by atoms with E-state index in [9.17, 15) is 23.1 Å². The predicted octanol–water partition coefficient (Wildman–Crippen LogP) is 2.54. The predicted molar refractivity (Wildman–Crippen MR) is 119 cm³/mol. The number of piperazine rings is 1. The number of nitrogens with zero attached hydrogens (tertiary/aromatic N) is 2. The van der Waals surface area contributed by atoms with Crippen molar-refractivity contribution in [1.82, 2.24) is 15.1 Å². The first-order valence-corrected chi connectivity index (χ1v) is 11.0. The molecule has 3 N–H and O–H groups in total. The largest absolute Gasteiger partial charge is 0.385 e. The van der Waals surface area contributed by atoms with Crippen LogP contribution in [0.5, 0.6) is 0 Å². The number of hydrogen-bond acceptors (Lipinski definition) is 5. The molecule has 2 aliphatic heterocycles. The van der Waals surface area contributed by atoms with Gasteiger partial charge in [0.05, 0.1) is 30.0 Å². The second-order valence-electron chi connectivity index (χ2n) is 7.94. The van der Waals surface area contributed by atoms with Crippen molar-refractivity contribution in [3.8, 4) is 0 Å². The van der Waals surface area contributed by atoms with Gasteiger partial charge in [0, 0.05) is 36.3 Å². The molecule has 0 radical (unpaired) electrons. The van der Waals surface area contributed by atoms with Crippen molar-refractivity contribution in [1.29, 1.82) is 0 Å². The number of likely N-dealkylation sites (tertiary alicyclic amines) is 1. The Morgan fingerprint density at radius 3 is 2.52 bits per heavy atom. The molecule has 2 heterocycles. The van der Waals surface area contributed by atoms with E-state index in [1.165, 1.54) is 23.1 Å². The zero-order valence-corrected chi connectivity index (χ0v) is 18.8. The third kappa shape index (κ3) is 4.81. The summed E-state index contributed by atoms with van der Waals surface area (Å²) in [5, 5.41) is 16.5. The van der Waals surface area contributed by atoms with Gasteiger partial charge in [-0.1, -0.05) is 0 Å². The Balaban J connectivity index is 1.51. The van der Waals surface area contributed by atoms with E-state index < -0.39 is 34.6 Å². The summed E-state index contributed by atoms with van der Waals surface area (Å²) in [6, 6.07) is 6.28. The van der Waals surface area contributed by atoms with Gasteiger partial charge < -0.3 is 20.6 Å². The summed E-state index contributed by atoms with van der Waals surface area (Å²) in [5.41, 5.74) is -1.66. The summed E-state index contributed by atoms with van der Waals surface area (Å²) < 4.78 is 43.3. The molecule has 2 aromatic carbocycles. The van der Waals surface area contributed by atoms with Gasteiger partial charge in [-0.05, 0) is 52.9 Å². The van der Waals surface area contributed by atoms with Crippen LogP contribution < -0.4 is 10.6 Å². The van der Waals surface area contributed by atoms with Crippen LogP contribution in [-0.2, 0) is 0 Å². The average molecular weight is 546 g/mol. The molecular formula is C21H22F3IN4O2. The van der Waals surface area contributed by atoms with Crippen molar-refractivity contribution in [3.05, 3.63) is 56.9 Å². The molecule has 0 unspecified atom stereocenters. The number of rotatable bonds is 5. The Morgan fingerprint density at radius 1 is 1.13 bits per heavy atom. The van der Waals surface area contributed by atoms with Crippen LogP contribution in [0.2, 0.25) is 0 Å². The number of carbonyl (C=O) groups excluding carboxylic acids is 1. The quantitative estimate of drug-likeness (QED) is 0.504. The SMILES string of the molecule is O=C(c1ccc(F)c(F)c1Nc1ccc(I)cc1F)N1CC(O)(CN2CCNCC2)C1. The van der Waals surface area contributed by atoms with E-state index in [1.807, 2.05) is 22.6 Å². The topological polar surface area (TPSA) is 67.8 Å². The van der Waals surface area contributed by atoms with E-state index in [2.05, 4.69) is 15.5 Å². The molecule has 0 aromatic heterocycles. The molecule has 2 saturated heterocycles. The lowest BCUT2D eigenvalue weighted by Crippen LogP contribution is -2.68. The summed E-state index contributed by atoms with van der Waals surface area (Å²) in [5.74, 6) is -3.62. The van der Waals surface area contributed by atoms with Crippen molar-refractivity contribution in [2.45, 2.75) is 5.60 Å². The van der Waals surface area contributed by atoms with E-state index in [0.29, 0.717) is 10.1 Å². The highest BCUT2D eigenvalue weighted by atomic mass is 127. The monoisotopic (exact) mass is 546 g/mol. The minimum absolute atomic E-state index is 0.0715. The molecular weight excluding hydrogens is 524 g/mol. The number of hydrogen-bond donors (Lipinski definition) is 3. The lowest BCUT2D eigenvalue weighted by Gasteiger charge is -2.49. The zero-order valence-electron chi connectivity index (χ0n) is 16.6. The maximum atomic E-state index is 14.6. The van der Waals surface area contributed by atoms with Gasteiger partial charge >= 0.3 is 0 Å². The summed E-state index contributed by atoms with van der Waals surface area (Å²) in [6.07, 6.45) is 0. The van der Waals surface area contributed by atoms with E-state index in [-0.39, 0.29) is 24.3 Å². The molecule has 0 spiro atoms. The van der Waals surface area contributed by atoms with Gasteiger partial charge in [0.15, 0.2) is 11.6 Å². The number of β-amino-alcohol motifs (C(OH)–C–C–N with tert-alkyl or cyclic N) is 1. The van der Waals surface area contributed by atoms with Gasteiger partial charge in [-0.2, -0.15) is 0 Å². The fourth-order valence-electron chi connectivity index (χ4n) is 3.94. The Labute approximate surface area is 191 Å². The van der Waals surface area contributed by atoms with Gasteiger partial charge in [0.25, 0.3) is 5.91 Å². The van der Waals surface area contributed by atoms with Crippen molar-refractivity contribution in [3.63, 3.8) is 0 Å². The Morgan fingerprint density at radius 2 is 1.84 bits per heavy atom. The molecule has 31 heavy (non-hydrogen) atoms. The zero-order chi connectivity index (χ0) is 22.2. The first kappa shape index (κ1) is 22.3. The molecule has 0 saturated carbocycles. The molecule has 4 rings (SSSR count). The molecule has 1 amide bonds. The maximum Gasteiger partial charge on any atom is 0.256 e. The van der Waals surface area contributed by atoms with Crippen molar-refractivity contribution in [2.24, 2.45) is 0 Å². The number of amides is 1. The summed E-state index contributed by atoms with van der Waals surface area (Å²) in [6.45, 7) is 3.94. The van der Waals surface area contributed by atoms with Crippen molar-refractivity contribution >= 4 is 39.9 Å². The third-order valence-electron chi connectivity index (χ3n) is 5.50. The van der Waals surface area contributed by atoms with Crippen LogP contribution in [-0.4, -0.2) is 72.2 Å². The molecule has 2 aromatic rings. The molecule has 0 aliphatic carbocycles. The number of carbonyl (C=O) groups is 1. The maximum absolute atomic E-state index is 14.6. The molecule has 0 atom stereocenters. The molecule has 0 bridgehead atoms. The minimum Gasteiger partial charge on any atom is -0.385 e.